The number of methoxy groups -OCH3 is 1. The molecule has 0 aliphatic heterocycles. The van der Waals surface area contributed by atoms with Crippen molar-refractivity contribution < 1.29 is 23.9 Å². The summed E-state index contributed by atoms with van der Waals surface area (Å²) in [6.45, 7) is 1.44. The van der Waals surface area contributed by atoms with E-state index in [1.54, 1.807) is 25.3 Å². The zero-order chi connectivity index (χ0) is 19.6. The molecule has 7 nitrogen and oxygen atoms in total. The number of anilines is 1. The molecule has 0 aromatic heterocycles. The first-order chi connectivity index (χ1) is 13.0. The third kappa shape index (κ3) is 6.81. The van der Waals surface area contributed by atoms with Gasteiger partial charge in [-0.25, -0.2) is 4.79 Å². The topological polar surface area (TPSA) is 93.7 Å². The molecule has 2 rings (SSSR count). The molecule has 0 atom stereocenters. The van der Waals surface area contributed by atoms with Gasteiger partial charge in [-0.3, -0.25) is 9.59 Å². The number of hydrogen-bond acceptors (Lipinski definition) is 5. The van der Waals surface area contributed by atoms with Gasteiger partial charge in [0.15, 0.2) is 6.61 Å². The molecule has 0 aliphatic rings. The summed E-state index contributed by atoms with van der Waals surface area (Å²) in [7, 11) is 1.60. The maximum absolute atomic E-state index is 12.0. The molecule has 2 amide bonds. The summed E-state index contributed by atoms with van der Waals surface area (Å²) in [6.07, 6.45) is 0.655. The van der Waals surface area contributed by atoms with E-state index < -0.39 is 5.97 Å². The number of rotatable bonds is 8. The Balaban J connectivity index is 1.74. The second-order valence-electron chi connectivity index (χ2n) is 5.79. The molecule has 0 fully saturated rings. The van der Waals surface area contributed by atoms with Crippen LogP contribution in [0.3, 0.4) is 0 Å². The van der Waals surface area contributed by atoms with Gasteiger partial charge in [0.1, 0.15) is 5.75 Å². The number of ether oxygens (including phenoxy) is 2. The molecule has 2 N–H and O–H groups in total. The Morgan fingerprint density at radius 1 is 1.04 bits per heavy atom. The highest BCUT2D eigenvalue weighted by Gasteiger charge is 2.11. The second kappa shape index (κ2) is 9.96. The molecule has 2 aromatic rings. The lowest BCUT2D eigenvalue weighted by molar-refractivity contribution is -0.124. The van der Waals surface area contributed by atoms with Crippen molar-refractivity contribution in [3.05, 3.63) is 59.7 Å². The Morgan fingerprint density at radius 2 is 1.78 bits per heavy atom. The number of carbonyl (C=O) groups is 3. The lowest BCUT2D eigenvalue weighted by atomic mass is 10.1. The van der Waals surface area contributed by atoms with Crippen molar-refractivity contribution in [2.24, 2.45) is 0 Å². The molecule has 0 aliphatic carbocycles. The summed E-state index contributed by atoms with van der Waals surface area (Å²) in [5.74, 6) is -0.476. The van der Waals surface area contributed by atoms with Gasteiger partial charge in [0, 0.05) is 19.2 Å². The van der Waals surface area contributed by atoms with Crippen LogP contribution in [0.25, 0.3) is 0 Å². The summed E-state index contributed by atoms with van der Waals surface area (Å²) in [6, 6.07) is 13.9. The van der Waals surface area contributed by atoms with Crippen LogP contribution in [0, 0.1) is 0 Å². The van der Waals surface area contributed by atoms with Gasteiger partial charge in [0.2, 0.25) is 5.91 Å². The van der Waals surface area contributed by atoms with Gasteiger partial charge in [0.05, 0.1) is 12.7 Å². The van der Waals surface area contributed by atoms with E-state index in [9.17, 15) is 14.4 Å². The van der Waals surface area contributed by atoms with Crippen molar-refractivity contribution in [3.63, 3.8) is 0 Å². The largest absolute Gasteiger partial charge is 0.497 e. The molecule has 0 saturated heterocycles. The van der Waals surface area contributed by atoms with Gasteiger partial charge in [0.25, 0.3) is 5.91 Å². The summed E-state index contributed by atoms with van der Waals surface area (Å²) in [4.78, 5) is 34.9. The van der Waals surface area contributed by atoms with Gasteiger partial charge >= 0.3 is 5.97 Å². The molecule has 0 saturated carbocycles. The Morgan fingerprint density at radius 3 is 2.44 bits per heavy atom. The quantitative estimate of drug-likeness (QED) is 0.695. The van der Waals surface area contributed by atoms with Gasteiger partial charge in [-0.2, -0.15) is 0 Å². The van der Waals surface area contributed by atoms with Crippen LogP contribution in [0.4, 0.5) is 5.69 Å². The normalized spacial score (nSPS) is 10.0. The van der Waals surface area contributed by atoms with E-state index in [-0.39, 0.29) is 24.0 Å². The van der Waals surface area contributed by atoms with Gasteiger partial charge in [-0.05, 0) is 42.3 Å². The van der Waals surface area contributed by atoms with E-state index >= 15 is 0 Å². The standard InChI is InChI=1S/C20H22N2O5/c1-14(23)22-17-5-3-4-16(12-17)20(25)27-13-19(24)21-11-10-15-6-8-18(26-2)9-7-15/h3-9,12H,10-11,13H2,1-2H3,(H,21,24)(H,22,23). The molecule has 0 unspecified atom stereocenters. The molecule has 0 radical (unpaired) electrons. The second-order valence-corrected chi connectivity index (χ2v) is 5.79. The number of nitrogens with one attached hydrogen (secondary N) is 2. The fraction of sp³-hybridized carbons (Fsp3) is 0.250. The first-order valence-corrected chi connectivity index (χ1v) is 8.42. The van der Waals surface area contributed by atoms with E-state index in [1.807, 2.05) is 24.3 Å². The third-order valence-electron chi connectivity index (χ3n) is 3.65. The number of benzene rings is 2. The fourth-order valence-electron chi connectivity index (χ4n) is 2.33. The zero-order valence-corrected chi connectivity index (χ0v) is 15.3. The summed E-state index contributed by atoms with van der Waals surface area (Å²) < 4.78 is 10.1. The van der Waals surface area contributed by atoms with Crippen LogP contribution in [-0.4, -0.2) is 38.0 Å². The van der Waals surface area contributed by atoms with Crippen molar-refractivity contribution in [3.8, 4) is 5.75 Å². The number of hydrogen-bond donors (Lipinski definition) is 2. The minimum Gasteiger partial charge on any atom is -0.497 e. The van der Waals surface area contributed by atoms with E-state index in [0.717, 1.165) is 11.3 Å². The lowest BCUT2D eigenvalue weighted by Crippen LogP contribution is -2.30. The molecular weight excluding hydrogens is 348 g/mol. The predicted molar refractivity (Wildman–Crippen MR) is 101 cm³/mol. The molecule has 0 spiro atoms. The Bertz CT molecular complexity index is 802. The van der Waals surface area contributed by atoms with Crippen LogP contribution in [-0.2, 0) is 20.7 Å². The third-order valence-corrected chi connectivity index (χ3v) is 3.65. The molecular formula is C20H22N2O5. The van der Waals surface area contributed by atoms with E-state index in [1.165, 1.54) is 13.0 Å². The predicted octanol–water partition coefficient (Wildman–Crippen LogP) is 2.17. The van der Waals surface area contributed by atoms with Crippen molar-refractivity contribution in [2.45, 2.75) is 13.3 Å². The maximum atomic E-state index is 12.0. The molecule has 142 valence electrons. The van der Waals surface area contributed by atoms with Crippen molar-refractivity contribution in [1.82, 2.24) is 5.32 Å². The first-order valence-electron chi connectivity index (χ1n) is 8.42. The highest BCUT2D eigenvalue weighted by atomic mass is 16.5. The molecule has 7 heteroatoms. The highest BCUT2D eigenvalue weighted by molar-refractivity contribution is 5.94. The van der Waals surface area contributed by atoms with Crippen LogP contribution >= 0.6 is 0 Å². The maximum Gasteiger partial charge on any atom is 0.338 e. The van der Waals surface area contributed by atoms with Crippen molar-refractivity contribution in [1.29, 1.82) is 0 Å². The molecule has 2 aromatic carbocycles. The number of esters is 1. The minimum absolute atomic E-state index is 0.239. The molecule has 0 heterocycles. The monoisotopic (exact) mass is 370 g/mol. The van der Waals surface area contributed by atoms with Gasteiger partial charge in [-0.1, -0.05) is 18.2 Å². The molecule has 27 heavy (non-hydrogen) atoms. The zero-order valence-electron chi connectivity index (χ0n) is 15.3. The van der Waals surface area contributed by atoms with Crippen LogP contribution in [0.15, 0.2) is 48.5 Å². The number of carbonyl (C=O) groups excluding carboxylic acids is 3. The SMILES string of the molecule is COc1ccc(CCNC(=O)COC(=O)c2cccc(NC(C)=O)c2)cc1. The Hall–Kier alpha value is -3.35. The number of amides is 2. The van der Waals surface area contributed by atoms with E-state index in [2.05, 4.69) is 10.6 Å². The van der Waals surface area contributed by atoms with Crippen molar-refractivity contribution in [2.75, 3.05) is 25.6 Å². The first kappa shape index (κ1) is 20.0. The van der Waals surface area contributed by atoms with Crippen LogP contribution in [0.5, 0.6) is 5.75 Å². The summed E-state index contributed by atoms with van der Waals surface area (Å²) >= 11 is 0. The van der Waals surface area contributed by atoms with Crippen LogP contribution in [0.2, 0.25) is 0 Å². The van der Waals surface area contributed by atoms with Gasteiger partial charge < -0.3 is 20.1 Å². The minimum atomic E-state index is -0.632. The van der Waals surface area contributed by atoms with Crippen LogP contribution < -0.4 is 15.4 Å². The average molecular weight is 370 g/mol. The van der Waals surface area contributed by atoms with Gasteiger partial charge in [-0.15, -0.1) is 0 Å². The fourth-order valence-corrected chi connectivity index (χ4v) is 2.33. The smallest absolute Gasteiger partial charge is 0.338 e. The van der Waals surface area contributed by atoms with Crippen LogP contribution in [0.1, 0.15) is 22.8 Å². The summed E-state index contributed by atoms with van der Waals surface area (Å²) in [5, 5.41) is 5.28. The van der Waals surface area contributed by atoms with E-state index in [0.29, 0.717) is 18.7 Å². The average Bonchev–Trinajstić information content (AvgIpc) is 2.66. The summed E-state index contributed by atoms with van der Waals surface area (Å²) in [5.41, 5.74) is 1.80. The van der Waals surface area contributed by atoms with E-state index in [4.69, 9.17) is 9.47 Å². The van der Waals surface area contributed by atoms with Crippen molar-refractivity contribution >= 4 is 23.5 Å². The highest BCUT2D eigenvalue weighted by Crippen LogP contribution is 2.12. The molecule has 0 bridgehead atoms. The Kier molecular flexibility index (Phi) is 7.37. The lowest BCUT2D eigenvalue weighted by Gasteiger charge is -2.08. The Labute approximate surface area is 157 Å².